The van der Waals surface area contributed by atoms with Gasteiger partial charge >= 0.3 is 5.97 Å². The fourth-order valence-electron chi connectivity index (χ4n) is 2.78. The first kappa shape index (κ1) is 28.2. The van der Waals surface area contributed by atoms with Gasteiger partial charge in [-0.15, -0.1) is 0 Å². The molecule has 11 nitrogen and oxygen atoms in total. The molecule has 0 bridgehead atoms. The molecule has 5 unspecified atom stereocenters. The summed E-state index contributed by atoms with van der Waals surface area (Å²) in [6, 6.07) is 1.13. The number of phenolic OH excluding ortho intramolecular Hbond substituents is 1. The molecule has 0 saturated carbocycles. The van der Waals surface area contributed by atoms with Crippen molar-refractivity contribution in [3.8, 4) is 5.75 Å². The largest absolute Gasteiger partial charge is 0.508 e. The fraction of sp³-hybridized carbons (Fsp3) is 0.524. The highest BCUT2D eigenvalue weighted by Crippen LogP contribution is 2.12. The summed E-state index contributed by atoms with van der Waals surface area (Å²) in [6.45, 7) is 2.84. The number of amides is 3. The highest BCUT2D eigenvalue weighted by Gasteiger charge is 2.30. The Hall–Kier alpha value is -2.83. The first-order valence-electron chi connectivity index (χ1n) is 10.4. The molecule has 0 aromatic heterocycles. The average molecular weight is 485 g/mol. The van der Waals surface area contributed by atoms with E-state index in [0.29, 0.717) is 12.0 Å². The van der Waals surface area contributed by atoms with E-state index < -0.39 is 54.5 Å². The van der Waals surface area contributed by atoms with Gasteiger partial charge in [0.1, 0.15) is 23.9 Å². The molecule has 12 heteroatoms. The van der Waals surface area contributed by atoms with Crippen LogP contribution in [0.2, 0.25) is 0 Å². The second kappa shape index (κ2) is 13.7. The minimum atomic E-state index is -1.56. The van der Waals surface area contributed by atoms with Crippen molar-refractivity contribution in [3.63, 3.8) is 0 Å². The van der Waals surface area contributed by atoms with Gasteiger partial charge in [0.25, 0.3) is 0 Å². The van der Waals surface area contributed by atoms with Crippen molar-refractivity contribution < 1.29 is 34.5 Å². The number of carbonyl (C=O) groups excluding carboxylic acids is 3. The Balaban J connectivity index is 3.02. The number of hydrogen-bond acceptors (Lipinski definition) is 8. The lowest BCUT2D eigenvalue weighted by atomic mass is 9.99. The minimum Gasteiger partial charge on any atom is -0.508 e. The summed E-state index contributed by atoms with van der Waals surface area (Å²) in [5, 5.41) is 34.9. The van der Waals surface area contributed by atoms with E-state index in [2.05, 4.69) is 28.6 Å². The predicted molar refractivity (Wildman–Crippen MR) is 124 cm³/mol. The van der Waals surface area contributed by atoms with E-state index in [1.807, 2.05) is 6.92 Å². The number of hydrogen-bond donors (Lipinski definition) is 8. The van der Waals surface area contributed by atoms with Crippen LogP contribution in [0.15, 0.2) is 24.3 Å². The Kier molecular flexibility index (Phi) is 11.7. The summed E-state index contributed by atoms with van der Waals surface area (Å²) in [6.07, 6.45) is 0.617. The van der Waals surface area contributed by atoms with E-state index in [-0.39, 0.29) is 23.8 Å². The Morgan fingerprint density at radius 2 is 1.48 bits per heavy atom. The molecule has 0 fully saturated rings. The maximum absolute atomic E-state index is 12.8. The maximum Gasteiger partial charge on any atom is 0.328 e. The molecule has 1 aromatic rings. The van der Waals surface area contributed by atoms with Gasteiger partial charge in [0.15, 0.2) is 0 Å². The van der Waals surface area contributed by atoms with Gasteiger partial charge in [0, 0.05) is 12.2 Å². The van der Waals surface area contributed by atoms with Crippen LogP contribution < -0.4 is 21.7 Å². The van der Waals surface area contributed by atoms with Crippen LogP contribution >= 0.6 is 12.6 Å². The number of carboxylic acid groups (broad SMARTS) is 1. The summed E-state index contributed by atoms with van der Waals surface area (Å²) >= 11 is 4.10. The zero-order chi connectivity index (χ0) is 25.1. The summed E-state index contributed by atoms with van der Waals surface area (Å²) in [4.78, 5) is 49.1. The Morgan fingerprint density at radius 1 is 0.970 bits per heavy atom. The molecule has 0 saturated heterocycles. The van der Waals surface area contributed by atoms with E-state index in [0.717, 1.165) is 0 Å². The first-order chi connectivity index (χ1) is 15.5. The molecule has 0 heterocycles. The van der Waals surface area contributed by atoms with Crippen molar-refractivity contribution in [1.82, 2.24) is 16.0 Å². The van der Waals surface area contributed by atoms with Crippen LogP contribution in [0.25, 0.3) is 0 Å². The van der Waals surface area contributed by atoms with Crippen LogP contribution in [-0.4, -0.2) is 75.5 Å². The number of aliphatic hydroxyl groups excluding tert-OH is 1. The second-order valence-corrected chi connectivity index (χ2v) is 8.03. The SMILES string of the molecule is CCC(C)C(N)C(=O)NC(CS)C(=O)NC(Cc1ccc(O)cc1)C(=O)NC(CO)C(=O)O. The third-order valence-electron chi connectivity index (χ3n) is 5.18. The molecule has 1 rings (SSSR count). The maximum atomic E-state index is 12.8. The molecule has 0 aliphatic carbocycles. The Bertz CT molecular complexity index is 821. The monoisotopic (exact) mass is 484 g/mol. The van der Waals surface area contributed by atoms with E-state index in [1.165, 1.54) is 24.3 Å². The summed E-state index contributed by atoms with van der Waals surface area (Å²) in [5.74, 6) is -3.74. The van der Waals surface area contributed by atoms with E-state index >= 15 is 0 Å². The molecule has 0 aliphatic rings. The molecule has 3 amide bonds. The predicted octanol–water partition coefficient (Wildman–Crippen LogP) is -1.23. The van der Waals surface area contributed by atoms with Crippen molar-refractivity contribution in [3.05, 3.63) is 29.8 Å². The zero-order valence-corrected chi connectivity index (χ0v) is 19.4. The zero-order valence-electron chi connectivity index (χ0n) is 18.5. The quantitative estimate of drug-likeness (QED) is 0.160. The molecule has 184 valence electrons. The Morgan fingerprint density at radius 3 is 1.97 bits per heavy atom. The molecule has 1 aromatic carbocycles. The molecule has 5 atom stereocenters. The van der Waals surface area contributed by atoms with Crippen molar-refractivity contribution in [1.29, 1.82) is 0 Å². The lowest BCUT2D eigenvalue weighted by Gasteiger charge is -2.25. The number of benzene rings is 1. The average Bonchev–Trinajstić information content (AvgIpc) is 2.79. The summed E-state index contributed by atoms with van der Waals surface area (Å²) < 4.78 is 0. The van der Waals surface area contributed by atoms with Crippen LogP contribution in [0.4, 0.5) is 0 Å². The van der Waals surface area contributed by atoms with Crippen LogP contribution in [0, 0.1) is 5.92 Å². The number of rotatable bonds is 13. The van der Waals surface area contributed by atoms with Gasteiger partial charge in [-0.2, -0.15) is 12.6 Å². The summed E-state index contributed by atoms with van der Waals surface area (Å²) in [7, 11) is 0. The number of carbonyl (C=O) groups is 4. The van der Waals surface area contributed by atoms with Gasteiger partial charge in [-0.05, 0) is 23.6 Å². The highest BCUT2D eigenvalue weighted by molar-refractivity contribution is 7.80. The molecular formula is C21H32N4O7S. The van der Waals surface area contributed by atoms with E-state index in [9.17, 15) is 29.4 Å². The van der Waals surface area contributed by atoms with Gasteiger partial charge in [-0.1, -0.05) is 32.4 Å². The highest BCUT2D eigenvalue weighted by atomic mass is 32.1. The van der Waals surface area contributed by atoms with Crippen molar-refractivity contribution in [2.45, 2.75) is 50.9 Å². The molecule has 33 heavy (non-hydrogen) atoms. The summed E-state index contributed by atoms with van der Waals surface area (Å²) in [5.41, 5.74) is 6.47. The number of thiol groups is 1. The first-order valence-corrected chi connectivity index (χ1v) is 11.1. The smallest absolute Gasteiger partial charge is 0.328 e. The third kappa shape index (κ3) is 8.91. The molecular weight excluding hydrogens is 452 g/mol. The van der Waals surface area contributed by atoms with Crippen LogP contribution in [0.1, 0.15) is 25.8 Å². The number of aromatic hydroxyl groups is 1. The number of carboxylic acids is 1. The third-order valence-corrected chi connectivity index (χ3v) is 5.55. The van der Waals surface area contributed by atoms with Crippen molar-refractivity contribution in [2.24, 2.45) is 11.7 Å². The molecule has 0 spiro atoms. The van der Waals surface area contributed by atoms with E-state index in [1.54, 1.807) is 6.92 Å². The van der Waals surface area contributed by atoms with Gasteiger partial charge in [-0.25, -0.2) is 4.79 Å². The van der Waals surface area contributed by atoms with Crippen molar-refractivity contribution in [2.75, 3.05) is 12.4 Å². The van der Waals surface area contributed by atoms with Gasteiger partial charge in [-0.3, -0.25) is 14.4 Å². The van der Waals surface area contributed by atoms with E-state index in [4.69, 9.17) is 10.8 Å². The lowest BCUT2D eigenvalue weighted by Crippen LogP contribution is -2.59. The Labute approximate surface area is 197 Å². The topological polar surface area (TPSA) is 191 Å². The normalized spacial score (nSPS) is 15.4. The van der Waals surface area contributed by atoms with Crippen LogP contribution in [0.3, 0.4) is 0 Å². The van der Waals surface area contributed by atoms with Crippen molar-refractivity contribution >= 4 is 36.3 Å². The molecule has 0 aliphatic heterocycles. The fourth-order valence-corrected chi connectivity index (χ4v) is 3.04. The van der Waals surface area contributed by atoms with Gasteiger partial charge in [0.2, 0.25) is 17.7 Å². The van der Waals surface area contributed by atoms with Crippen LogP contribution in [0.5, 0.6) is 5.75 Å². The van der Waals surface area contributed by atoms with Crippen LogP contribution in [-0.2, 0) is 25.6 Å². The number of nitrogens with one attached hydrogen (secondary N) is 3. The number of aliphatic hydroxyl groups is 1. The molecule has 8 N–H and O–H groups in total. The van der Waals surface area contributed by atoms with Gasteiger partial charge in [0.05, 0.1) is 12.6 Å². The standard InChI is InChI=1S/C21H32N4O7S/c1-3-11(2)17(22)20(30)25-16(10-33)19(29)23-14(8-12-4-6-13(27)7-5-12)18(28)24-15(9-26)21(31)32/h4-7,11,14-17,26-27,33H,3,8-10,22H2,1-2H3,(H,23,29)(H,24,28)(H,25,30)(H,31,32). The minimum absolute atomic E-state index is 0.00510. The van der Waals surface area contributed by atoms with Gasteiger partial charge < -0.3 is 37.0 Å². The second-order valence-electron chi connectivity index (χ2n) is 7.67. The number of phenols is 1. The lowest BCUT2D eigenvalue weighted by molar-refractivity contribution is -0.143. The number of nitrogens with two attached hydrogens (primary N) is 1. The molecule has 0 radical (unpaired) electrons. The number of aliphatic carboxylic acids is 1.